The molecule has 0 aliphatic carbocycles. The van der Waals surface area contributed by atoms with Gasteiger partial charge in [0.1, 0.15) is 17.5 Å². The number of hydrogen-bond acceptors (Lipinski definition) is 5. The van der Waals surface area contributed by atoms with Crippen LogP contribution in [0.3, 0.4) is 0 Å². The topological polar surface area (TPSA) is 57.1 Å². The number of hydrogen-bond donors (Lipinski definition) is 0. The maximum absolute atomic E-state index is 6.04. The van der Waals surface area contributed by atoms with Crippen molar-refractivity contribution in [3.8, 4) is 17.0 Å². The van der Waals surface area contributed by atoms with Crippen LogP contribution in [0, 0.1) is 0 Å². The lowest BCUT2D eigenvalue weighted by atomic mass is 10.2. The van der Waals surface area contributed by atoms with Crippen molar-refractivity contribution in [2.75, 3.05) is 6.61 Å². The highest BCUT2D eigenvalue weighted by Gasteiger charge is 2.08. The predicted molar refractivity (Wildman–Crippen MR) is 81.4 cm³/mol. The van der Waals surface area contributed by atoms with Crippen LogP contribution in [0.1, 0.15) is 26.6 Å². The summed E-state index contributed by atoms with van der Waals surface area (Å²) >= 11 is 6.04. The molecule has 112 valence electrons. The zero-order valence-corrected chi connectivity index (χ0v) is 13.1. The first kappa shape index (κ1) is 15.7. The Morgan fingerprint density at radius 1 is 1.19 bits per heavy atom. The van der Waals surface area contributed by atoms with Gasteiger partial charge in [-0.3, -0.25) is 4.98 Å². The van der Waals surface area contributed by atoms with Crippen LogP contribution < -0.4 is 4.74 Å². The van der Waals surface area contributed by atoms with E-state index in [9.17, 15) is 0 Å². The van der Waals surface area contributed by atoms with E-state index in [1.165, 1.54) is 0 Å². The van der Waals surface area contributed by atoms with Crippen molar-refractivity contribution >= 4 is 11.6 Å². The molecule has 0 amide bonds. The summed E-state index contributed by atoms with van der Waals surface area (Å²) in [6.45, 7) is 6.79. The molecule has 0 unspecified atom stereocenters. The number of halogens is 1. The Hall–Kier alpha value is -1.72. The van der Waals surface area contributed by atoms with Crippen LogP contribution in [0.25, 0.3) is 11.3 Å². The Kier molecular flexibility index (Phi) is 5.47. The second-order valence-corrected chi connectivity index (χ2v) is 5.09. The molecule has 0 aliphatic heterocycles. The standard InChI is InChI=1S/C15H18ClN3O2/c1-4-20-9-15-18-13(6-14(16)19-15)11-5-12(8-17-7-11)21-10(2)3/h5-8,10H,4,9H2,1-3H3. The Labute approximate surface area is 129 Å². The first-order chi connectivity index (χ1) is 10.1. The van der Waals surface area contributed by atoms with Gasteiger partial charge in [0.15, 0.2) is 5.82 Å². The summed E-state index contributed by atoms with van der Waals surface area (Å²) < 4.78 is 11.0. The van der Waals surface area contributed by atoms with Crippen molar-refractivity contribution in [3.63, 3.8) is 0 Å². The lowest BCUT2D eigenvalue weighted by Crippen LogP contribution is -2.06. The summed E-state index contributed by atoms with van der Waals surface area (Å²) in [7, 11) is 0. The van der Waals surface area contributed by atoms with Crippen molar-refractivity contribution in [2.45, 2.75) is 33.5 Å². The molecule has 0 spiro atoms. The van der Waals surface area contributed by atoms with Crippen LogP contribution in [0.5, 0.6) is 5.75 Å². The Morgan fingerprint density at radius 2 is 2.00 bits per heavy atom. The zero-order valence-electron chi connectivity index (χ0n) is 12.3. The fourth-order valence-electron chi connectivity index (χ4n) is 1.77. The van der Waals surface area contributed by atoms with Gasteiger partial charge in [-0.2, -0.15) is 0 Å². The molecule has 2 aromatic heterocycles. The minimum absolute atomic E-state index is 0.0875. The molecule has 0 bridgehead atoms. The Balaban J connectivity index is 2.30. The van der Waals surface area contributed by atoms with E-state index in [2.05, 4.69) is 15.0 Å². The van der Waals surface area contributed by atoms with Gasteiger partial charge >= 0.3 is 0 Å². The molecule has 6 heteroatoms. The molecule has 2 heterocycles. The largest absolute Gasteiger partial charge is 0.489 e. The molecule has 0 atom stereocenters. The third-order valence-corrected chi connectivity index (χ3v) is 2.75. The Morgan fingerprint density at radius 3 is 2.71 bits per heavy atom. The van der Waals surface area contributed by atoms with Gasteiger partial charge in [0.2, 0.25) is 0 Å². The van der Waals surface area contributed by atoms with Crippen LogP contribution in [0.15, 0.2) is 24.5 Å². The zero-order chi connectivity index (χ0) is 15.2. The van der Waals surface area contributed by atoms with Gasteiger partial charge in [-0.05, 0) is 26.8 Å². The van der Waals surface area contributed by atoms with Crippen molar-refractivity contribution in [3.05, 3.63) is 35.5 Å². The molecule has 2 rings (SSSR count). The van der Waals surface area contributed by atoms with Crippen LogP contribution in [-0.4, -0.2) is 27.7 Å². The van der Waals surface area contributed by atoms with Crippen LogP contribution in [0.4, 0.5) is 0 Å². The molecule has 0 aliphatic rings. The van der Waals surface area contributed by atoms with Crippen molar-refractivity contribution in [1.82, 2.24) is 15.0 Å². The molecule has 0 N–H and O–H groups in total. The fourth-order valence-corrected chi connectivity index (χ4v) is 1.97. The molecule has 0 radical (unpaired) electrons. The van der Waals surface area contributed by atoms with Gasteiger partial charge in [-0.1, -0.05) is 11.6 Å². The Bertz CT molecular complexity index is 605. The van der Waals surface area contributed by atoms with Crippen molar-refractivity contribution < 1.29 is 9.47 Å². The van der Waals surface area contributed by atoms with Gasteiger partial charge in [0, 0.05) is 24.4 Å². The van der Waals surface area contributed by atoms with Gasteiger partial charge in [-0.25, -0.2) is 9.97 Å². The number of aromatic nitrogens is 3. The first-order valence-corrected chi connectivity index (χ1v) is 7.19. The molecule has 0 fully saturated rings. The monoisotopic (exact) mass is 307 g/mol. The average Bonchev–Trinajstić information content (AvgIpc) is 2.44. The molecule has 21 heavy (non-hydrogen) atoms. The SMILES string of the molecule is CCOCc1nc(Cl)cc(-c2cncc(OC(C)C)c2)n1. The van der Waals surface area contributed by atoms with Crippen molar-refractivity contribution in [1.29, 1.82) is 0 Å². The summed E-state index contributed by atoms with van der Waals surface area (Å²) in [4.78, 5) is 12.8. The van der Waals surface area contributed by atoms with E-state index in [4.69, 9.17) is 21.1 Å². The lowest BCUT2D eigenvalue weighted by molar-refractivity contribution is 0.128. The van der Waals surface area contributed by atoms with Gasteiger partial charge in [0.05, 0.1) is 18.0 Å². The summed E-state index contributed by atoms with van der Waals surface area (Å²) in [5, 5.41) is 0.380. The summed E-state index contributed by atoms with van der Waals surface area (Å²) in [6.07, 6.45) is 3.48. The average molecular weight is 308 g/mol. The third-order valence-electron chi connectivity index (χ3n) is 2.56. The highest BCUT2D eigenvalue weighted by molar-refractivity contribution is 6.29. The van der Waals surface area contributed by atoms with E-state index < -0.39 is 0 Å². The van der Waals surface area contributed by atoms with E-state index in [1.807, 2.05) is 26.8 Å². The van der Waals surface area contributed by atoms with Gasteiger partial charge < -0.3 is 9.47 Å². The summed E-state index contributed by atoms with van der Waals surface area (Å²) in [5.74, 6) is 1.25. The minimum Gasteiger partial charge on any atom is -0.489 e. The second kappa shape index (κ2) is 7.33. The minimum atomic E-state index is 0.0875. The third kappa shape index (κ3) is 4.65. The van der Waals surface area contributed by atoms with E-state index in [-0.39, 0.29) is 6.10 Å². The molecular formula is C15H18ClN3O2. The second-order valence-electron chi connectivity index (χ2n) is 4.71. The maximum atomic E-state index is 6.04. The number of nitrogens with zero attached hydrogens (tertiary/aromatic N) is 3. The highest BCUT2D eigenvalue weighted by Crippen LogP contribution is 2.23. The summed E-state index contributed by atoms with van der Waals surface area (Å²) in [5.41, 5.74) is 1.53. The highest BCUT2D eigenvalue weighted by atomic mass is 35.5. The van der Waals surface area contributed by atoms with E-state index >= 15 is 0 Å². The van der Waals surface area contributed by atoms with E-state index in [0.717, 1.165) is 5.56 Å². The van der Waals surface area contributed by atoms with Crippen LogP contribution in [-0.2, 0) is 11.3 Å². The first-order valence-electron chi connectivity index (χ1n) is 6.81. The predicted octanol–water partition coefficient (Wildman–Crippen LogP) is 3.52. The van der Waals surface area contributed by atoms with Gasteiger partial charge in [-0.15, -0.1) is 0 Å². The smallest absolute Gasteiger partial charge is 0.156 e. The number of pyridine rings is 1. The van der Waals surface area contributed by atoms with Crippen LogP contribution >= 0.6 is 11.6 Å². The van der Waals surface area contributed by atoms with Crippen molar-refractivity contribution in [2.24, 2.45) is 0 Å². The fraction of sp³-hybridized carbons (Fsp3) is 0.400. The van der Waals surface area contributed by atoms with Crippen LogP contribution in [0.2, 0.25) is 5.15 Å². The molecule has 0 aromatic carbocycles. The molecule has 2 aromatic rings. The molecule has 5 nitrogen and oxygen atoms in total. The molecule has 0 saturated heterocycles. The quantitative estimate of drug-likeness (QED) is 0.764. The van der Waals surface area contributed by atoms with E-state index in [0.29, 0.717) is 35.6 Å². The van der Waals surface area contributed by atoms with E-state index in [1.54, 1.807) is 18.5 Å². The lowest BCUT2D eigenvalue weighted by Gasteiger charge is -2.10. The maximum Gasteiger partial charge on any atom is 0.156 e. The molecular weight excluding hydrogens is 290 g/mol. The molecule has 0 saturated carbocycles. The summed E-state index contributed by atoms with van der Waals surface area (Å²) in [6, 6.07) is 3.59. The normalized spacial score (nSPS) is 10.9. The van der Waals surface area contributed by atoms with Gasteiger partial charge in [0.25, 0.3) is 0 Å². The number of rotatable bonds is 6. The number of ether oxygens (including phenoxy) is 2.